The van der Waals surface area contributed by atoms with E-state index in [4.69, 9.17) is 0 Å². The monoisotopic (exact) mass is 210 g/mol. The molecule has 0 aromatic heterocycles. The largest absolute Gasteiger partial charge is 0.312 e. The average molecular weight is 210 g/mol. The zero-order chi connectivity index (χ0) is 11.3. The van der Waals surface area contributed by atoms with Gasteiger partial charge in [-0.1, -0.05) is 13.0 Å². The quantitative estimate of drug-likeness (QED) is 0.677. The Hall–Kier alpha value is -0.340. The lowest BCUT2D eigenvalue weighted by molar-refractivity contribution is 0.108. The first-order valence-electron chi connectivity index (χ1n) is 6.22. The second kappa shape index (κ2) is 5.66. The minimum Gasteiger partial charge on any atom is -0.312 e. The van der Waals surface area contributed by atoms with Crippen LogP contribution in [0.4, 0.5) is 0 Å². The van der Waals surface area contributed by atoms with E-state index in [1.165, 1.54) is 25.9 Å². The maximum Gasteiger partial charge on any atom is 0.0309 e. The molecule has 2 heteroatoms. The molecule has 0 aromatic carbocycles. The Balaban J connectivity index is 2.64. The van der Waals surface area contributed by atoms with Gasteiger partial charge in [0.05, 0.1) is 0 Å². The molecule has 1 heterocycles. The molecular weight excluding hydrogens is 184 g/mol. The zero-order valence-electron chi connectivity index (χ0n) is 10.6. The predicted molar refractivity (Wildman–Crippen MR) is 67.2 cm³/mol. The average Bonchev–Trinajstić information content (AvgIpc) is 2.70. The van der Waals surface area contributed by atoms with Gasteiger partial charge in [-0.25, -0.2) is 0 Å². The van der Waals surface area contributed by atoms with Crippen LogP contribution >= 0.6 is 0 Å². The molecule has 0 radical (unpaired) electrons. The predicted octanol–water partition coefficient (Wildman–Crippen LogP) is 2.42. The Labute approximate surface area is 94.7 Å². The van der Waals surface area contributed by atoms with Crippen LogP contribution in [0, 0.1) is 0 Å². The minimum atomic E-state index is 0.251. The fraction of sp³-hybridized carbons (Fsp3) is 0.846. The Morgan fingerprint density at radius 3 is 2.47 bits per heavy atom. The van der Waals surface area contributed by atoms with Crippen molar-refractivity contribution in [1.29, 1.82) is 0 Å². The van der Waals surface area contributed by atoms with E-state index in [0.29, 0.717) is 6.04 Å². The molecule has 1 aliphatic rings. The number of likely N-dealkylation sites (N-methyl/N-ethyl adjacent to an activating group) is 1. The second-order valence-corrected chi connectivity index (χ2v) is 4.98. The molecule has 0 bridgehead atoms. The van der Waals surface area contributed by atoms with E-state index in [-0.39, 0.29) is 5.54 Å². The van der Waals surface area contributed by atoms with Gasteiger partial charge >= 0.3 is 0 Å². The van der Waals surface area contributed by atoms with Gasteiger partial charge < -0.3 is 5.32 Å². The van der Waals surface area contributed by atoms with E-state index in [1.807, 2.05) is 6.08 Å². The molecule has 2 nitrogen and oxygen atoms in total. The topological polar surface area (TPSA) is 15.3 Å². The molecule has 1 N–H and O–H groups in total. The van der Waals surface area contributed by atoms with Gasteiger partial charge in [0, 0.05) is 11.6 Å². The first-order chi connectivity index (χ1) is 7.12. The Bertz CT molecular complexity index is 193. The lowest BCUT2D eigenvalue weighted by atomic mass is 9.90. The van der Waals surface area contributed by atoms with E-state index in [2.05, 4.69) is 37.6 Å². The van der Waals surface area contributed by atoms with Gasteiger partial charge in [-0.15, -0.1) is 6.58 Å². The molecule has 88 valence electrons. The van der Waals surface area contributed by atoms with Crippen molar-refractivity contribution in [3.8, 4) is 0 Å². The molecule has 1 fully saturated rings. The molecule has 1 unspecified atom stereocenters. The van der Waals surface area contributed by atoms with Crippen molar-refractivity contribution in [1.82, 2.24) is 10.2 Å². The third-order valence-corrected chi connectivity index (χ3v) is 3.63. The van der Waals surface area contributed by atoms with E-state index < -0.39 is 0 Å². The third kappa shape index (κ3) is 3.05. The summed E-state index contributed by atoms with van der Waals surface area (Å²) in [6.07, 6.45) is 5.80. The zero-order valence-corrected chi connectivity index (χ0v) is 10.6. The van der Waals surface area contributed by atoms with Crippen molar-refractivity contribution in [2.75, 3.05) is 19.6 Å². The lowest BCUT2D eigenvalue weighted by Gasteiger charge is -2.42. The Morgan fingerprint density at radius 1 is 1.40 bits per heavy atom. The van der Waals surface area contributed by atoms with Crippen molar-refractivity contribution in [3.05, 3.63) is 12.7 Å². The minimum absolute atomic E-state index is 0.251. The van der Waals surface area contributed by atoms with Gasteiger partial charge in [0.25, 0.3) is 0 Å². The molecule has 0 aromatic rings. The number of rotatable bonds is 6. The maximum atomic E-state index is 3.86. The maximum absolute atomic E-state index is 3.86. The van der Waals surface area contributed by atoms with Crippen molar-refractivity contribution in [2.24, 2.45) is 0 Å². The summed E-state index contributed by atoms with van der Waals surface area (Å²) in [5, 5.41) is 3.59. The van der Waals surface area contributed by atoms with Crippen molar-refractivity contribution in [3.63, 3.8) is 0 Å². The summed E-state index contributed by atoms with van der Waals surface area (Å²) in [7, 11) is 0. The summed E-state index contributed by atoms with van der Waals surface area (Å²) in [6, 6.07) is 0.526. The van der Waals surface area contributed by atoms with Gasteiger partial charge in [-0.3, -0.25) is 4.90 Å². The summed E-state index contributed by atoms with van der Waals surface area (Å²) in [6.45, 7) is 14.3. The Kier molecular flexibility index (Phi) is 4.81. The van der Waals surface area contributed by atoms with Crippen LogP contribution in [-0.2, 0) is 0 Å². The van der Waals surface area contributed by atoms with Gasteiger partial charge in [0.2, 0.25) is 0 Å². The van der Waals surface area contributed by atoms with Crippen LogP contribution in [0.5, 0.6) is 0 Å². The fourth-order valence-electron chi connectivity index (χ4n) is 2.55. The van der Waals surface area contributed by atoms with Crippen molar-refractivity contribution >= 4 is 0 Å². The molecule has 1 saturated heterocycles. The number of nitrogens with zero attached hydrogens (tertiary/aromatic N) is 1. The van der Waals surface area contributed by atoms with Gasteiger partial charge in [0.1, 0.15) is 0 Å². The summed E-state index contributed by atoms with van der Waals surface area (Å²) in [4.78, 5) is 2.61. The highest BCUT2D eigenvalue weighted by Gasteiger charge is 2.35. The highest BCUT2D eigenvalue weighted by Crippen LogP contribution is 2.25. The van der Waals surface area contributed by atoms with Crippen LogP contribution in [-0.4, -0.2) is 36.1 Å². The summed E-state index contributed by atoms with van der Waals surface area (Å²) < 4.78 is 0. The van der Waals surface area contributed by atoms with Crippen LogP contribution in [0.3, 0.4) is 0 Å². The summed E-state index contributed by atoms with van der Waals surface area (Å²) in [5.74, 6) is 0. The summed E-state index contributed by atoms with van der Waals surface area (Å²) >= 11 is 0. The van der Waals surface area contributed by atoms with Crippen LogP contribution in [0.1, 0.15) is 40.0 Å². The van der Waals surface area contributed by atoms with Gasteiger partial charge in [-0.05, 0) is 52.7 Å². The Morgan fingerprint density at radius 2 is 2.00 bits per heavy atom. The summed E-state index contributed by atoms with van der Waals surface area (Å²) in [5.41, 5.74) is 0.251. The molecule has 1 rings (SSSR count). The molecule has 0 aliphatic carbocycles. The molecule has 0 amide bonds. The van der Waals surface area contributed by atoms with Crippen LogP contribution in [0.25, 0.3) is 0 Å². The van der Waals surface area contributed by atoms with E-state index >= 15 is 0 Å². The van der Waals surface area contributed by atoms with Crippen LogP contribution < -0.4 is 5.32 Å². The SMILES string of the molecule is C=CCC(NCC)C(C)(C)N1CCCC1. The molecular formula is C13H26N2. The number of likely N-dealkylation sites (tertiary alicyclic amines) is 1. The third-order valence-electron chi connectivity index (χ3n) is 3.63. The molecule has 0 saturated carbocycles. The van der Waals surface area contributed by atoms with Crippen molar-refractivity contribution < 1.29 is 0 Å². The van der Waals surface area contributed by atoms with E-state index in [1.54, 1.807) is 0 Å². The lowest BCUT2D eigenvalue weighted by Crippen LogP contribution is -2.56. The van der Waals surface area contributed by atoms with Crippen molar-refractivity contribution in [2.45, 2.75) is 51.6 Å². The fourth-order valence-corrected chi connectivity index (χ4v) is 2.55. The van der Waals surface area contributed by atoms with Crippen LogP contribution in [0.15, 0.2) is 12.7 Å². The molecule has 1 atom stereocenters. The smallest absolute Gasteiger partial charge is 0.0309 e. The number of nitrogens with one attached hydrogen (secondary N) is 1. The number of hydrogen-bond acceptors (Lipinski definition) is 2. The first-order valence-corrected chi connectivity index (χ1v) is 6.22. The van der Waals surface area contributed by atoms with Crippen LogP contribution in [0.2, 0.25) is 0 Å². The molecule has 15 heavy (non-hydrogen) atoms. The number of hydrogen-bond donors (Lipinski definition) is 1. The standard InChI is InChI=1S/C13H26N2/c1-5-9-12(14-6-2)13(3,4)15-10-7-8-11-15/h5,12,14H,1,6-11H2,2-4H3. The molecule has 0 spiro atoms. The molecule has 1 aliphatic heterocycles. The normalized spacial score (nSPS) is 20.5. The van der Waals surface area contributed by atoms with E-state index in [9.17, 15) is 0 Å². The highest BCUT2D eigenvalue weighted by molar-refractivity contribution is 4.97. The van der Waals surface area contributed by atoms with E-state index in [0.717, 1.165) is 13.0 Å². The van der Waals surface area contributed by atoms with Gasteiger partial charge in [-0.2, -0.15) is 0 Å². The highest BCUT2D eigenvalue weighted by atomic mass is 15.2. The van der Waals surface area contributed by atoms with Gasteiger partial charge in [0.15, 0.2) is 0 Å². The second-order valence-electron chi connectivity index (χ2n) is 4.98. The first kappa shape index (κ1) is 12.7.